The zero-order chi connectivity index (χ0) is 19.4. The van der Waals surface area contributed by atoms with E-state index in [1.807, 2.05) is 6.07 Å². The van der Waals surface area contributed by atoms with Crippen molar-refractivity contribution in [3.8, 4) is 0 Å². The van der Waals surface area contributed by atoms with Gasteiger partial charge in [0.05, 0.1) is 20.8 Å². The van der Waals surface area contributed by atoms with Crippen LogP contribution in [-0.2, 0) is 0 Å². The number of benzene rings is 3. The van der Waals surface area contributed by atoms with E-state index < -0.39 is 0 Å². The van der Waals surface area contributed by atoms with Crippen LogP contribution in [0.3, 0.4) is 0 Å². The maximum atomic E-state index is 12.4. The third-order valence-electron chi connectivity index (χ3n) is 3.69. The van der Waals surface area contributed by atoms with Crippen LogP contribution in [0.4, 0.5) is 11.4 Å². The van der Waals surface area contributed by atoms with Crippen LogP contribution in [0.1, 0.15) is 20.7 Å². The second-order valence-electron chi connectivity index (χ2n) is 5.60. The molecule has 2 amide bonds. The van der Waals surface area contributed by atoms with E-state index in [1.54, 1.807) is 54.6 Å². The van der Waals surface area contributed by atoms with Crippen molar-refractivity contribution in [2.45, 2.75) is 0 Å². The van der Waals surface area contributed by atoms with Gasteiger partial charge in [0, 0.05) is 16.8 Å². The van der Waals surface area contributed by atoms with Gasteiger partial charge < -0.3 is 10.6 Å². The van der Waals surface area contributed by atoms with Crippen molar-refractivity contribution >= 4 is 58.0 Å². The molecule has 3 aromatic rings. The van der Waals surface area contributed by atoms with Crippen LogP contribution in [0.25, 0.3) is 0 Å². The van der Waals surface area contributed by atoms with Crippen molar-refractivity contribution in [2.24, 2.45) is 0 Å². The Hall–Kier alpha value is -2.53. The van der Waals surface area contributed by atoms with E-state index in [0.717, 1.165) is 0 Å². The molecule has 27 heavy (non-hydrogen) atoms. The Kier molecular flexibility index (Phi) is 6.01. The summed E-state index contributed by atoms with van der Waals surface area (Å²) in [6.07, 6.45) is 0. The molecule has 2 N–H and O–H groups in total. The maximum Gasteiger partial charge on any atom is 0.255 e. The predicted molar refractivity (Wildman–Crippen MR) is 110 cm³/mol. The Labute approximate surface area is 171 Å². The lowest BCUT2D eigenvalue weighted by Gasteiger charge is -2.11. The molecule has 0 heterocycles. The number of anilines is 2. The highest BCUT2D eigenvalue weighted by atomic mass is 35.5. The summed E-state index contributed by atoms with van der Waals surface area (Å²) in [5.41, 5.74) is 1.71. The third-order valence-corrected chi connectivity index (χ3v) is 4.76. The first-order chi connectivity index (χ1) is 12.9. The van der Waals surface area contributed by atoms with Crippen LogP contribution in [0, 0.1) is 0 Å². The standard InChI is InChI=1S/C20H13Cl3N2O2/c21-15-8-6-13(10-17(15)23)20(27)24-14-7-9-16(22)18(11-14)25-19(26)12-4-2-1-3-5-12/h1-11H,(H,24,27)(H,25,26). The largest absolute Gasteiger partial charge is 0.322 e. The molecule has 3 rings (SSSR count). The Morgan fingerprint density at radius 3 is 2.00 bits per heavy atom. The molecule has 7 heteroatoms. The summed E-state index contributed by atoms with van der Waals surface area (Å²) in [6, 6.07) is 18.1. The van der Waals surface area contributed by atoms with Crippen LogP contribution in [0.2, 0.25) is 15.1 Å². The van der Waals surface area contributed by atoms with Crippen LogP contribution < -0.4 is 10.6 Å². The fourth-order valence-electron chi connectivity index (χ4n) is 2.32. The second-order valence-corrected chi connectivity index (χ2v) is 6.82. The van der Waals surface area contributed by atoms with E-state index in [2.05, 4.69) is 10.6 Å². The minimum Gasteiger partial charge on any atom is -0.322 e. The molecule has 3 aromatic carbocycles. The Morgan fingerprint density at radius 2 is 1.30 bits per heavy atom. The van der Waals surface area contributed by atoms with E-state index in [9.17, 15) is 9.59 Å². The monoisotopic (exact) mass is 418 g/mol. The molecule has 0 bridgehead atoms. The number of hydrogen-bond acceptors (Lipinski definition) is 2. The van der Waals surface area contributed by atoms with Gasteiger partial charge in [0.2, 0.25) is 0 Å². The van der Waals surface area contributed by atoms with Crippen molar-refractivity contribution in [1.29, 1.82) is 0 Å². The fraction of sp³-hybridized carbons (Fsp3) is 0. The van der Waals surface area contributed by atoms with E-state index >= 15 is 0 Å². The molecule has 0 atom stereocenters. The molecule has 0 aromatic heterocycles. The van der Waals surface area contributed by atoms with Crippen molar-refractivity contribution < 1.29 is 9.59 Å². The molecular weight excluding hydrogens is 407 g/mol. The summed E-state index contributed by atoms with van der Waals surface area (Å²) in [7, 11) is 0. The number of nitrogens with one attached hydrogen (secondary N) is 2. The zero-order valence-electron chi connectivity index (χ0n) is 13.8. The molecule has 0 aliphatic rings. The van der Waals surface area contributed by atoms with Crippen molar-refractivity contribution in [2.75, 3.05) is 10.6 Å². The molecular formula is C20H13Cl3N2O2. The minimum absolute atomic E-state index is 0.288. The molecule has 0 unspecified atom stereocenters. The highest BCUT2D eigenvalue weighted by molar-refractivity contribution is 6.42. The quantitative estimate of drug-likeness (QED) is 0.533. The first-order valence-corrected chi connectivity index (χ1v) is 9.00. The Bertz CT molecular complexity index is 1010. The highest BCUT2D eigenvalue weighted by Gasteiger charge is 2.12. The third kappa shape index (κ3) is 4.80. The normalized spacial score (nSPS) is 10.3. The van der Waals surface area contributed by atoms with Gasteiger partial charge in [-0.25, -0.2) is 0 Å². The minimum atomic E-state index is -0.365. The lowest BCUT2D eigenvalue weighted by atomic mass is 10.2. The summed E-state index contributed by atoms with van der Waals surface area (Å²) in [5.74, 6) is -0.665. The predicted octanol–water partition coefficient (Wildman–Crippen LogP) is 6.15. The van der Waals surface area contributed by atoms with Crippen molar-refractivity contribution in [3.05, 3.63) is 92.9 Å². The molecule has 136 valence electrons. The summed E-state index contributed by atoms with van der Waals surface area (Å²) in [4.78, 5) is 24.7. The van der Waals surface area contributed by atoms with Crippen molar-refractivity contribution in [3.63, 3.8) is 0 Å². The summed E-state index contributed by atoms with van der Waals surface area (Å²) in [6.45, 7) is 0. The van der Waals surface area contributed by atoms with Gasteiger partial charge in [-0.1, -0.05) is 53.0 Å². The second kappa shape index (κ2) is 8.44. The molecule has 0 radical (unpaired) electrons. The summed E-state index contributed by atoms with van der Waals surface area (Å²) >= 11 is 18.0. The number of halogens is 3. The van der Waals surface area contributed by atoms with Crippen LogP contribution >= 0.6 is 34.8 Å². The number of amides is 2. The summed E-state index contributed by atoms with van der Waals surface area (Å²) < 4.78 is 0. The van der Waals surface area contributed by atoms with Crippen LogP contribution in [-0.4, -0.2) is 11.8 Å². The van der Waals surface area contributed by atoms with Gasteiger partial charge in [0.25, 0.3) is 11.8 Å². The Balaban J connectivity index is 1.77. The SMILES string of the molecule is O=C(Nc1ccc(Cl)c(NC(=O)c2ccccc2)c1)c1ccc(Cl)c(Cl)c1. The molecule has 0 saturated carbocycles. The van der Waals surface area contributed by atoms with Gasteiger partial charge in [-0.15, -0.1) is 0 Å². The van der Waals surface area contributed by atoms with E-state index in [1.165, 1.54) is 6.07 Å². The van der Waals surface area contributed by atoms with Gasteiger partial charge in [0.1, 0.15) is 0 Å². The Morgan fingerprint density at radius 1 is 0.630 bits per heavy atom. The van der Waals surface area contributed by atoms with Crippen LogP contribution in [0.15, 0.2) is 66.7 Å². The van der Waals surface area contributed by atoms with Crippen LogP contribution in [0.5, 0.6) is 0 Å². The van der Waals surface area contributed by atoms with Gasteiger partial charge in [-0.3, -0.25) is 9.59 Å². The first-order valence-electron chi connectivity index (χ1n) is 7.86. The van der Waals surface area contributed by atoms with Gasteiger partial charge in [-0.2, -0.15) is 0 Å². The number of rotatable bonds is 4. The number of carbonyl (C=O) groups is 2. The molecule has 0 fully saturated rings. The van der Waals surface area contributed by atoms with E-state index in [-0.39, 0.29) is 16.8 Å². The fourth-order valence-corrected chi connectivity index (χ4v) is 2.79. The van der Waals surface area contributed by atoms with Gasteiger partial charge in [-0.05, 0) is 48.5 Å². The smallest absolute Gasteiger partial charge is 0.255 e. The van der Waals surface area contributed by atoms with Gasteiger partial charge in [0.15, 0.2) is 0 Å². The molecule has 4 nitrogen and oxygen atoms in total. The average Bonchev–Trinajstić information content (AvgIpc) is 2.67. The first kappa shape index (κ1) is 19.2. The van der Waals surface area contributed by atoms with E-state index in [4.69, 9.17) is 34.8 Å². The summed E-state index contributed by atoms with van der Waals surface area (Å²) in [5, 5.41) is 6.48. The van der Waals surface area contributed by atoms with E-state index in [0.29, 0.717) is 32.5 Å². The zero-order valence-corrected chi connectivity index (χ0v) is 16.1. The molecule has 0 spiro atoms. The lowest BCUT2D eigenvalue weighted by Crippen LogP contribution is -2.14. The number of carbonyl (C=O) groups excluding carboxylic acids is 2. The average molecular weight is 420 g/mol. The maximum absolute atomic E-state index is 12.4. The van der Waals surface area contributed by atoms with Crippen molar-refractivity contribution in [1.82, 2.24) is 0 Å². The topological polar surface area (TPSA) is 58.2 Å². The lowest BCUT2D eigenvalue weighted by molar-refractivity contribution is 0.101. The highest BCUT2D eigenvalue weighted by Crippen LogP contribution is 2.27. The molecule has 0 aliphatic heterocycles. The van der Waals surface area contributed by atoms with Gasteiger partial charge >= 0.3 is 0 Å². The number of hydrogen-bond donors (Lipinski definition) is 2. The molecule has 0 aliphatic carbocycles. The molecule has 0 saturated heterocycles.